The standard InChI is InChI=1S/C13H21N5OS/c1-9-8-10(18(3)16-9)11(19)15-13(12(14)20)4-6-17(2)7-5-13/h8H,4-7H2,1-3H3,(H2,14,20)(H,15,19). The molecule has 1 amide bonds. The Balaban J connectivity index is 2.19. The van der Waals surface area contributed by atoms with Gasteiger partial charge in [-0.05, 0) is 32.9 Å². The Morgan fingerprint density at radius 2 is 2.05 bits per heavy atom. The summed E-state index contributed by atoms with van der Waals surface area (Å²) in [5, 5.41) is 7.22. The number of likely N-dealkylation sites (tertiary alicyclic amines) is 1. The minimum Gasteiger partial charge on any atom is -0.391 e. The van der Waals surface area contributed by atoms with E-state index in [2.05, 4.69) is 22.4 Å². The van der Waals surface area contributed by atoms with E-state index >= 15 is 0 Å². The van der Waals surface area contributed by atoms with Crippen LogP contribution in [0.5, 0.6) is 0 Å². The number of rotatable bonds is 3. The highest BCUT2D eigenvalue weighted by Crippen LogP contribution is 2.23. The third kappa shape index (κ3) is 2.83. The third-order valence-electron chi connectivity index (χ3n) is 3.90. The molecule has 2 rings (SSSR count). The average Bonchev–Trinajstić information content (AvgIpc) is 2.71. The van der Waals surface area contributed by atoms with E-state index in [-0.39, 0.29) is 5.91 Å². The Morgan fingerprint density at radius 1 is 1.45 bits per heavy atom. The van der Waals surface area contributed by atoms with Crippen LogP contribution in [-0.4, -0.2) is 51.3 Å². The third-order valence-corrected chi connectivity index (χ3v) is 4.29. The van der Waals surface area contributed by atoms with Crippen LogP contribution in [0.1, 0.15) is 29.0 Å². The maximum atomic E-state index is 12.4. The van der Waals surface area contributed by atoms with Crippen molar-refractivity contribution in [2.45, 2.75) is 25.3 Å². The molecule has 1 aromatic rings. The molecule has 0 aromatic carbocycles. The maximum absolute atomic E-state index is 12.4. The Hall–Kier alpha value is -1.47. The lowest BCUT2D eigenvalue weighted by molar-refractivity contribution is 0.0880. The lowest BCUT2D eigenvalue weighted by atomic mass is 9.87. The molecule has 0 saturated carbocycles. The van der Waals surface area contributed by atoms with E-state index in [0.29, 0.717) is 10.7 Å². The van der Waals surface area contributed by atoms with Gasteiger partial charge in [-0.3, -0.25) is 9.48 Å². The number of nitrogens with two attached hydrogens (primary N) is 1. The van der Waals surface area contributed by atoms with Crippen molar-refractivity contribution in [1.82, 2.24) is 20.0 Å². The summed E-state index contributed by atoms with van der Waals surface area (Å²) in [5.41, 5.74) is 6.64. The summed E-state index contributed by atoms with van der Waals surface area (Å²) >= 11 is 5.19. The number of nitrogens with zero attached hydrogens (tertiary/aromatic N) is 3. The van der Waals surface area contributed by atoms with Crippen molar-refractivity contribution in [3.63, 3.8) is 0 Å². The first-order valence-corrected chi connectivity index (χ1v) is 7.06. The number of hydrogen-bond donors (Lipinski definition) is 2. The molecule has 0 unspecified atom stereocenters. The molecule has 3 N–H and O–H groups in total. The van der Waals surface area contributed by atoms with Crippen LogP contribution < -0.4 is 11.1 Å². The predicted octanol–water partition coefficient (Wildman–Crippen LogP) is 0.209. The topological polar surface area (TPSA) is 76.2 Å². The van der Waals surface area contributed by atoms with E-state index < -0.39 is 5.54 Å². The SMILES string of the molecule is Cc1cc(C(=O)NC2(C(N)=S)CCN(C)CC2)n(C)n1. The largest absolute Gasteiger partial charge is 0.391 e. The molecule has 6 nitrogen and oxygen atoms in total. The molecule has 1 aromatic heterocycles. The fourth-order valence-corrected chi connectivity index (χ4v) is 2.79. The molecule has 1 fully saturated rings. The Labute approximate surface area is 124 Å². The molecule has 0 spiro atoms. The highest BCUT2D eigenvalue weighted by Gasteiger charge is 2.38. The van der Waals surface area contributed by atoms with Gasteiger partial charge in [-0.1, -0.05) is 12.2 Å². The van der Waals surface area contributed by atoms with E-state index in [1.165, 1.54) is 0 Å². The van der Waals surface area contributed by atoms with E-state index in [9.17, 15) is 4.79 Å². The molecule has 1 saturated heterocycles. The van der Waals surface area contributed by atoms with Crippen molar-refractivity contribution >= 4 is 23.1 Å². The van der Waals surface area contributed by atoms with Gasteiger partial charge in [-0.2, -0.15) is 5.10 Å². The first-order chi connectivity index (χ1) is 9.34. The number of carbonyl (C=O) groups excluding carboxylic acids is 1. The number of aromatic nitrogens is 2. The van der Waals surface area contributed by atoms with E-state index in [4.69, 9.17) is 18.0 Å². The molecule has 1 aliphatic heterocycles. The summed E-state index contributed by atoms with van der Waals surface area (Å²) in [7, 11) is 3.81. The van der Waals surface area contributed by atoms with Gasteiger partial charge in [0.1, 0.15) is 5.69 Å². The van der Waals surface area contributed by atoms with Crippen LogP contribution in [0.25, 0.3) is 0 Å². The van der Waals surface area contributed by atoms with Gasteiger partial charge >= 0.3 is 0 Å². The van der Waals surface area contributed by atoms with Gasteiger partial charge in [-0.25, -0.2) is 0 Å². The van der Waals surface area contributed by atoms with Crippen molar-refractivity contribution in [3.8, 4) is 0 Å². The molecule has 0 atom stereocenters. The molecule has 1 aliphatic rings. The van der Waals surface area contributed by atoms with Gasteiger partial charge in [0.05, 0.1) is 16.2 Å². The molecular formula is C13H21N5OS. The quantitative estimate of drug-likeness (QED) is 0.780. The smallest absolute Gasteiger partial charge is 0.270 e. The maximum Gasteiger partial charge on any atom is 0.270 e. The summed E-state index contributed by atoms with van der Waals surface area (Å²) in [6.45, 7) is 3.58. The number of nitrogens with one attached hydrogen (secondary N) is 1. The van der Waals surface area contributed by atoms with Crippen LogP contribution in [0.15, 0.2) is 6.07 Å². The summed E-state index contributed by atoms with van der Waals surface area (Å²) in [5.74, 6) is -0.176. The van der Waals surface area contributed by atoms with Gasteiger partial charge in [0.25, 0.3) is 5.91 Å². The summed E-state index contributed by atoms with van der Waals surface area (Å²) in [6.07, 6.45) is 1.48. The summed E-state index contributed by atoms with van der Waals surface area (Å²) in [4.78, 5) is 15.0. The fourth-order valence-electron chi connectivity index (χ4n) is 2.54. The number of thiocarbonyl (C=S) groups is 1. The average molecular weight is 295 g/mol. The minimum atomic E-state index is -0.586. The molecule has 2 heterocycles. The molecule has 0 radical (unpaired) electrons. The zero-order valence-corrected chi connectivity index (χ0v) is 13.0. The number of aryl methyl sites for hydroxylation is 2. The van der Waals surface area contributed by atoms with E-state index in [0.717, 1.165) is 31.6 Å². The molecule has 20 heavy (non-hydrogen) atoms. The zero-order valence-electron chi connectivity index (χ0n) is 12.1. The van der Waals surface area contributed by atoms with Crippen LogP contribution in [0.2, 0.25) is 0 Å². The molecule has 0 bridgehead atoms. The second-order valence-corrected chi connectivity index (χ2v) is 5.94. The van der Waals surface area contributed by atoms with Crippen molar-refractivity contribution in [3.05, 3.63) is 17.5 Å². The first kappa shape index (κ1) is 14.9. The predicted molar refractivity (Wildman–Crippen MR) is 81.7 cm³/mol. The van der Waals surface area contributed by atoms with E-state index in [1.54, 1.807) is 17.8 Å². The molecule has 110 valence electrons. The van der Waals surface area contributed by atoms with Crippen LogP contribution in [0, 0.1) is 6.92 Å². The van der Waals surface area contributed by atoms with Crippen molar-refractivity contribution in [1.29, 1.82) is 0 Å². The number of carbonyl (C=O) groups is 1. The van der Waals surface area contributed by atoms with Crippen LogP contribution in [0.4, 0.5) is 0 Å². The van der Waals surface area contributed by atoms with Crippen molar-refractivity contribution in [2.75, 3.05) is 20.1 Å². The second kappa shape index (κ2) is 5.49. The monoisotopic (exact) mass is 295 g/mol. The highest BCUT2D eigenvalue weighted by atomic mass is 32.1. The zero-order chi connectivity index (χ0) is 14.9. The van der Waals surface area contributed by atoms with Gasteiger partial charge in [0, 0.05) is 20.1 Å². The summed E-state index contributed by atoms with van der Waals surface area (Å²) < 4.78 is 1.58. The second-order valence-electron chi connectivity index (χ2n) is 5.50. The molecular weight excluding hydrogens is 274 g/mol. The van der Waals surface area contributed by atoms with Crippen LogP contribution >= 0.6 is 12.2 Å². The number of amides is 1. The molecule has 0 aliphatic carbocycles. The Kier molecular flexibility index (Phi) is 4.10. The van der Waals surface area contributed by atoms with E-state index in [1.807, 2.05) is 6.92 Å². The van der Waals surface area contributed by atoms with Gasteiger partial charge < -0.3 is 16.0 Å². The molecule has 7 heteroatoms. The van der Waals surface area contributed by atoms with Crippen LogP contribution in [0.3, 0.4) is 0 Å². The Morgan fingerprint density at radius 3 is 2.50 bits per heavy atom. The fraction of sp³-hybridized carbons (Fsp3) is 0.615. The van der Waals surface area contributed by atoms with Gasteiger partial charge in [0.2, 0.25) is 0 Å². The lowest BCUT2D eigenvalue weighted by Crippen LogP contribution is -2.61. The summed E-state index contributed by atoms with van der Waals surface area (Å²) in [6, 6.07) is 1.76. The van der Waals surface area contributed by atoms with Crippen molar-refractivity contribution in [2.24, 2.45) is 12.8 Å². The van der Waals surface area contributed by atoms with Gasteiger partial charge in [-0.15, -0.1) is 0 Å². The first-order valence-electron chi connectivity index (χ1n) is 6.66. The Bertz CT molecular complexity index is 531. The van der Waals surface area contributed by atoms with Gasteiger partial charge in [0.15, 0.2) is 0 Å². The van der Waals surface area contributed by atoms with Crippen LogP contribution in [-0.2, 0) is 7.05 Å². The number of hydrogen-bond acceptors (Lipinski definition) is 4. The minimum absolute atomic E-state index is 0.176. The normalized spacial score (nSPS) is 18.8. The number of piperidine rings is 1. The highest BCUT2D eigenvalue weighted by molar-refractivity contribution is 7.80. The lowest BCUT2D eigenvalue weighted by Gasteiger charge is -2.40. The van der Waals surface area contributed by atoms with Crippen molar-refractivity contribution < 1.29 is 4.79 Å².